The monoisotopic (exact) mass is 343 g/mol. The van der Waals surface area contributed by atoms with Crippen molar-refractivity contribution in [3.05, 3.63) is 47.5 Å². The van der Waals surface area contributed by atoms with E-state index in [0.29, 0.717) is 18.3 Å². The highest BCUT2D eigenvalue weighted by atomic mass is 16.5. The Morgan fingerprint density at radius 2 is 2.16 bits per heavy atom. The Kier molecular flexibility index (Phi) is 5.38. The molecule has 0 N–H and O–H groups in total. The first-order chi connectivity index (χ1) is 12.1. The number of ether oxygens (including phenoxy) is 1. The first kappa shape index (κ1) is 17.5. The normalized spacial score (nSPS) is 15.6. The lowest BCUT2D eigenvalue weighted by atomic mass is 10.0. The van der Waals surface area contributed by atoms with Crippen molar-refractivity contribution in [2.75, 3.05) is 32.1 Å². The van der Waals surface area contributed by atoms with Gasteiger partial charge >= 0.3 is 5.97 Å². The predicted molar refractivity (Wildman–Crippen MR) is 95.7 cm³/mol. The lowest BCUT2D eigenvalue weighted by molar-refractivity contribution is 0.0559. The second-order valence-corrected chi connectivity index (χ2v) is 6.54. The number of rotatable bonds is 5. The van der Waals surface area contributed by atoms with Crippen LogP contribution >= 0.6 is 0 Å². The van der Waals surface area contributed by atoms with Gasteiger partial charge in [-0.25, -0.2) is 9.78 Å². The molecule has 0 bridgehead atoms. The quantitative estimate of drug-likeness (QED) is 0.778. The summed E-state index contributed by atoms with van der Waals surface area (Å²) >= 11 is 0. The van der Waals surface area contributed by atoms with Crippen LogP contribution in [0.15, 0.2) is 34.9 Å². The topological polar surface area (TPSA) is 58.8 Å². The van der Waals surface area contributed by atoms with Crippen LogP contribution in [0.25, 0.3) is 0 Å². The van der Waals surface area contributed by atoms with Gasteiger partial charge in [0.15, 0.2) is 0 Å². The molecule has 2 aromatic heterocycles. The molecule has 1 aliphatic heterocycles. The minimum atomic E-state index is -0.421. The average Bonchev–Trinajstić information content (AvgIpc) is 3.02. The van der Waals surface area contributed by atoms with Crippen molar-refractivity contribution in [2.24, 2.45) is 0 Å². The number of esters is 1. The van der Waals surface area contributed by atoms with Crippen LogP contribution in [0, 0.1) is 6.92 Å². The molecule has 1 fully saturated rings. The van der Waals surface area contributed by atoms with Crippen molar-refractivity contribution < 1.29 is 13.9 Å². The summed E-state index contributed by atoms with van der Waals surface area (Å²) in [6.45, 7) is 4.55. The number of nitrogens with zero attached hydrogens (tertiary/aromatic N) is 3. The van der Waals surface area contributed by atoms with Crippen molar-refractivity contribution in [1.29, 1.82) is 0 Å². The highest BCUT2D eigenvalue weighted by Crippen LogP contribution is 2.23. The van der Waals surface area contributed by atoms with Gasteiger partial charge in [0.2, 0.25) is 5.76 Å². The number of aryl methyl sites for hydroxylation is 1. The van der Waals surface area contributed by atoms with E-state index in [4.69, 9.17) is 9.15 Å². The number of aromatic nitrogens is 1. The molecule has 3 rings (SSSR count). The van der Waals surface area contributed by atoms with Crippen molar-refractivity contribution >= 4 is 11.8 Å². The molecule has 1 aliphatic rings. The van der Waals surface area contributed by atoms with Gasteiger partial charge in [0, 0.05) is 30.9 Å². The maximum absolute atomic E-state index is 11.7. The maximum Gasteiger partial charge on any atom is 0.374 e. The van der Waals surface area contributed by atoms with Crippen molar-refractivity contribution in [3.8, 4) is 0 Å². The molecule has 1 saturated heterocycles. The molecule has 2 aromatic rings. The third kappa shape index (κ3) is 4.02. The minimum absolute atomic E-state index is 0.302. The minimum Gasteiger partial charge on any atom is -0.463 e. The largest absolute Gasteiger partial charge is 0.463 e. The standard InChI is InChI=1S/C19H25N3O3/c1-14-12-16(25-18(14)19(23)24-3)13-21(2)15-7-10-22(11-8-15)17-6-4-5-9-20-17/h4-6,9,12,15H,7-8,10-11,13H2,1-3H3. The Morgan fingerprint density at radius 1 is 1.40 bits per heavy atom. The summed E-state index contributed by atoms with van der Waals surface area (Å²) < 4.78 is 10.4. The van der Waals surface area contributed by atoms with Crippen LogP contribution in [-0.4, -0.2) is 49.1 Å². The highest BCUT2D eigenvalue weighted by Gasteiger charge is 2.24. The first-order valence-corrected chi connectivity index (χ1v) is 8.62. The van der Waals surface area contributed by atoms with E-state index in [-0.39, 0.29) is 0 Å². The zero-order chi connectivity index (χ0) is 17.8. The Labute approximate surface area is 148 Å². The molecule has 0 atom stereocenters. The molecule has 134 valence electrons. The number of hydrogen-bond acceptors (Lipinski definition) is 6. The van der Waals surface area contributed by atoms with E-state index in [2.05, 4.69) is 27.9 Å². The summed E-state index contributed by atoms with van der Waals surface area (Å²) in [5, 5.41) is 0. The molecule has 0 aliphatic carbocycles. The van der Waals surface area contributed by atoms with Crippen molar-refractivity contribution in [2.45, 2.75) is 32.4 Å². The summed E-state index contributed by atoms with van der Waals surface area (Å²) in [5.74, 6) is 1.73. The number of methoxy groups -OCH3 is 1. The molecule has 25 heavy (non-hydrogen) atoms. The number of carbonyl (C=O) groups excluding carboxylic acids is 1. The molecule has 0 saturated carbocycles. The summed E-state index contributed by atoms with van der Waals surface area (Å²) in [6.07, 6.45) is 4.00. The van der Waals surface area contributed by atoms with E-state index in [1.807, 2.05) is 31.3 Å². The van der Waals surface area contributed by atoms with E-state index in [1.54, 1.807) is 0 Å². The van der Waals surface area contributed by atoms with Crippen molar-refractivity contribution in [1.82, 2.24) is 9.88 Å². The van der Waals surface area contributed by atoms with Gasteiger partial charge in [0.05, 0.1) is 13.7 Å². The Morgan fingerprint density at radius 3 is 2.80 bits per heavy atom. The molecule has 0 aromatic carbocycles. The zero-order valence-corrected chi connectivity index (χ0v) is 15.1. The van der Waals surface area contributed by atoms with E-state index in [9.17, 15) is 4.79 Å². The molecule has 0 radical (unpaired) electrons. The van der Waals surface area contributed by atoms with E-state index in [0.717, 1.165) is 43.1 Å². The van der Waals surface area contributed by atoms with Crippen LogP contribution in [0.5, 0.6) is 0 Å². The highest BCUT2D eigenvalue weighted by molar-refractivity contribution is 5.87. The van der Waals surface area contributed by atoms with Gasteiger partial charge in [-0.3, -0.25) is 4.90 Å². The molecule has 6 nitrogen and oxygen atoms in total. The second-order valence-electron chi connectivity index (χ2n) is 6.54. The van der Waals surface area contributed by atoms with Gasteiger partial charge in [0.1, 0.15) is 11.6 Å². The lowest BCUT2D eigenvalue weighted by Gasteiger charge is -2.37. The lowest BCUT2D eigenvalue weighted by Crippen LogP contribution is -2.43. The Balaban J connectivity index is 1.56. The SMILES string of the molecule is COC(=O)c1oc(CN(C)C2CCN(c3ccccn3)CC2)cc1C. The predicted octanol–water partition coefficient (Wildman–Crippen LogP) is 2.87. The summed E-state index contributed by atoms with van der Waals surface area (Å²) in [5.41, 5.74) is 0.820. The van der Waals surface area contributed by atoms with Gasteiger partial charge in [-0.05, 0) is 45.0 Å². The van der Waals surface area contributed by atoms with Gasteiger partial charge in [-0.15, -0.1) is 0 Å². The second kappa shape index (κ2) is 7.70. The molecule has 0 amide bonds. The van der Waals surface area contributed by atoms with Crippen LogP contribution in [0.3, 0.4) is 0 Å². The number of furan rings is 1. The Bertz CT molecular complexity index is 706. The molecule has 0 spiro atoms. The van der Waals surface area contributed by atoms with Gasteiger partial charge < -0.3 is 14.1 Å². The zero-order valence-electron chi connectivity index (χ0n) is 15.1. The molecule has 0 unspecified atom stereocenters. The fraction of sp³-hybridized carbons (Fsp3) is 0.474. The number of piperidine rings is 1. The Hall–Kier alpha value is -2.34. The van der Waals surface area contributed by atoms with Crippen molar-refractivity contribution in [3.63, 3.8) is 0 Å². The fourth-order valence-electron chi connectivity index (χ4n) is 3.37. The molecule has 6 heteroatoms. The van der Waals surface area contributed by atoms with Gasteiger partial charge in [0.25, 0.3) is 0 Å². The number of pyridine rings is 1. The number of carbonyl (C=O) groups is 1. The van der Waals surface area contributed by atoms with Crippen LogP contribution in [-0.2, 0) is 11.3 Å². The number of hydrogen-bond donors (Lipinski definition) is 0. The summed E-state index contributed by atoms with van der Waals surface area (Å²) in [6, 6.07) is 8.44. The summed E-state index contributed by atoms with van der Waals surface area (Å²) in [7, 11) is 3.47. The molecular formula is C19H25N3O3. The third-order valence-corrected chi connectivity index (χ3v) is 4.81. The smallest absolute Gasteiger partial charge is 0.374 e. The maximum atomic E-state index is 11.7. The third-order valence-electron chi connectivity index (χ3n) is 4.81. The molecule has 3 heterocycles. The van der Waals surface area contributed by atoms with E-state index in [1.165, 1.54) is 7.11 Å². The van der Waals surface area contributed by atoms with Gasteiger partial charge in [-0.1, -0.05) is 6.07 Å². The summed E-state index contributed by atoms with van der Waals surface area (Å²) in [4.78, 5) is 20.7. The van der Waals surface area contributed by atoms with Crippen LogP contribution in [0.4, 0.5) is 5.82 Å². The first-order valence-electron chi connectivity index (χ1n) is 8.62. The number of anilines is 1. The van der Waals surface area contributed by atoms with E-state index < -0.39 is 5.97 Å². The van der Waals surface area contributed by atoms with E-state index >= 15 is 0 Å². The van der Waals surface area contributed by atoms with Gasteiger partial charge in [-0.2, -0.15) is 0 Å². The van der Waals surface area contributed by atoms with Crippen LogP contribution in [0.1, 0.15) is 34.7 Å². The fourth-order valence-corrected chi connectivity index (χ4v) is 3.37. The van der Waals surface area contributed by atoms with Crippen LogP contribution in [0.2, 0.25) is 0 Å². The van der Waals surface area contributed by atoms with Crippen LogP contribution < -0.4 is 4.90 Å². The molecular weight excluding hydrogens is 318 g/mol. The average molecular weight is 343 g/mol.